The second-order valence-electron chi connectivity index (χ2n) is 6.72. The molecule has 0 atom stereocenters. The van der Waals surface area contributed by atoms with E-state index in [0.29, 0.717) is 18.3 Å². The maximum Gasteiger partial charge on any atom is 0.244 e. The van der Waals surface area contributed by atoms with Gasteiger partial charge in [0.1, 0.15) is 0 Å². The summed E-state index contributed by atoms with van der Waals surface area (Å²) in [6.07, 6.45) is 5.54. The van der Waals surface area contributed by atoms with Crippen molar-refractivity contribution in [2.45, 2.75) is 25.8 Å². The lowest BCUT2D eigenvalue weighted by Gasteiger charge is -2.28. The number of aromatic nitrogens is 3. The molecule has 3 aromatic rings. The van der Waals surface area contributed by atoms with Crippen LogP contribution in [0, 0.1) is 0 Å². The van der Waals surface area contributed by atoms with E-state index in [1.54, 1.807) is 6.20 Å². The van der Waals surface area contributed by atoms with Gasteiger partial charge in [-0.3, -0.25) is 0 Å². The Hall–Kier alpha value is -3.15. The van der Waals surface area contributed by atoms with Gasteiger partial charge in [0, 0.05) is 31.0 Å². The standard InChI is InChI=1S/C21H24N6/c1-3-7-17(8-4-1)15-22-21-25-20(16-23-26-21)24-18-9-11-19(12-10-18)27-13-5-2-6-14-27/h1,3-4,7-12,16H,2,5-6,13-15H2,(H2,22,24,25,26). The molecule has 2 N–H and O–H groups in total. The van der Waals surface area contributed by atoms with Crippen LogP contribution in [0.3, 0.4) is 0 Å². The summed E-state index contributed by atoms with van der Waals surface area (Å²) in [6, 6.07) is 18.7. The molecule has 6 heteroatoms. The molecular formula is C21H24N6. The molecule has 0 bridgehead atoms. The van der Waals surface area contributed by atoms with Crippen molar-refractivity contribution in [2.24, 2.45) is 0 Å². The summed E-state index contributed by atoms with van der Waals surface area (Å²) in [4.78, 5) is 6.94. The maximum absolute atomic E-state index is 4.49. The summed E-state index contributed by atoms with van der Waals surface area (Å²) in [6.45, 7) is 2.97. The monoisotopic (exact) mass is 360 g/mol. The van der Waals surface area contributed by atoms with Crippen LogP contribution in [0.1, 0.15) is 24.8 Å². The van der Waals surface area contributed by atoms with Crippen molar-refractivity contribution in [3.05, 3.63) is 66.4 Å². The number of anilines is 4. The van der Waals surface area contributed by atoms with Gasteiger partial charge in [-0.05, 0) is 49.1 Å². The molecule has 0 saturated carbocycles. The normalized spacial score (nSPS) is 14.0. The van der Waals surface area contributed by atoms with Crippen LogP contribution in [0.2, 0.25) is 0 Å². The number of benzene rings is 2. The van der Waals surface area contributed by atoms with E-state index in [9.17, 15) is 0 Å². The van der Waals surface area contributed by atoms with Crippen molar-refractivity contribution in [2.75, 3.05) is 28.6 Å². The number of piperidine rings is 1. The molecule has 6 nitrogen and oxygen atoms in total. The Balaban J connectivity index is 1.37. The molecule has 4 rings (SSSR count). The first-order valence-corrected chi connectivity index (χ1v) is 9.46. The van der Waals surface area contributed by atoms with Crippen LogP contribution < -0.4 is 15.5 Å². The summed E-state index contributed by atoms with van der Waals surface area (Å²) in [5.74, 6) is 1.18. The Bertz CT molecular complexity index is 844. The van der Waals surface area contributed by atoms with E-state index in [2.05, 4.69) is 67.1 Å². The third kappa shape index (κ3) is 4.73. The highest BCUT2D eigenvalue weighted by molar-refractivity contribution is 5.60. The first kappa shape index (κ1) is 17.3. The zero-order valence-corrected chi connectivity index (χ0v) is 15.3. The quantitative estimate of drug-likeness (QED) is 0.686. The van der Waals surface area contributed by atoms with Gasteiger partial charge >= 0.3 is 0 Å². The van der Waals surface area contributed by atoms with Crippen molar-refractivity contribution in [3.63, 3.8) is 0 Å². The average molecular weight is 360 g/mol. The highest BCUT2D eigenvalue weighted by Crippen LogP contribution is 2.23. The number of hydrogen-bond acceptors (Lipinski definition) is 6. The molecule has 1 saturated heterocycles. The Morgan fingerprint density at radius 3 is 2.44 bits per heavy atom. The van der Waals surface area contributed by atoms with Gasteiger partial charge in [-0.1, -0.05) is 30.3 Å². The highest BCUT2D eigenvalue weighted by atomic mass is 15.3. The van der Waals surface area contributed by atoms with Gasteiger partial charge in [-0.15, -0.1) is 5.10 Å². The van der Waals surface area contributed by atoms with E-state index >= 15 is 0 Å². The molecule has 138 valence electrons. The van der Waals surface area contributed by atoms with Crippen molar-refractivity contribution in [3.8, 4) is 0 Å². The minimum atomic E-state index is 0.508. The molecule has 1 aromatic heterocycles. The van der Waals surface area contributed by atoms with Gasteiger partial charge in [0.2, 0.25) is 5.95 Å². The lowest BCUT2D eigenvalue weighted by atomic mass is 10.1. The molecule has 0 radical (unpaired) electrons. The van der Waals surface area contributed by atoms with Crippen LogP contribution in [0.25, 0.3) is 0 Å². The first-order chi connectivity index (χ1) is 13.4. The summed E-state index contributed by atoms with van der Waals surface area (Å²) in [7, 11) is 0. The van der Waals surface area contributed by atoms with Gasteiger partial charge in [0.05, 0.1) is 6.20 Å². The zero-order chi connectivity index (χ0) is 18.3. The van der Waals surface area contributed by atoms with Gasteiger partial charge in [-0.25, -0.2) is 0 Å². The van der Waals surface area contributed by atoms with Gasteiger partial charge in [0.25, 0.3) is 0 Å². The van der Waals surface area contributed by atoms with E-state index < -0.39 is 0 Å². The minimum absolute atomic E-state index is 0.508. The van der Waals surface area contributed by atoms with Crippen molar-refractivity contribution < 1.29 is 0 Å². The number of nitrogens with zero attached hydrogens (tertiary/aromatic N) is 4. The lowest BCUT2D eigenvalue weighted by Crippen LogP contribution is -2.29. The number of rotatable bonds is 6. The van der Waals surface area contributed by atoms with Crippen LogP contribution in [-0.4, -0.2) is 28.3 Å². The van der Waals surface area contributed by atoms with E-state index in [-0.39, 0.29) is 0 Å². The van der Waals surface area contributed by atoms with Crippen molar-refractivity contribution >= 4 is 23.1 Å². The smallest absolute Gasteiger partial charge is 0.244 e. The molecule has 0 unspecified atom stereocenters. The predicted molar refractivity (Wildman–Crippen MR) is 109 cm³/mol. The Morgan fingerprint density at radius 2 is 1.67 bits per heavy atom. The van der Waals surface area contributed by atoms with Gasteiger partial charge < -0.3 is 15.5 Å². The molecule has 27 heavy (non-hydrogen) atoms. The molecule has 2 heterocycles. The molecule has 1 fully saturated rings. The zero-order valence-electron chi connectivity index (χ0n) is 15.3. The average Bonchev–Trinajstić information content (AvgIpc) is 2.75. The maximum atomic E-state index is 4.49. The van der Waals surface area contributed by atoms with Gasteiger partial charge in [-0.2, -0.15) is 10.1 Å². The number of nitrogens with one attached hydrogen (secondary N) is 2. The molecule has 1 aliphatic rings. The molecular weight excluding hydrogens is 336 g/mol. The summed E-state index contributed by atoms with van der Waals surface area (Å²) >= 11 is 0. The fourth-order valence-corrected chi connectivity index (χ4v) is 3.27. The van der Waals surface area contributed by atoms with Crippen LogP contribution in [-0.2, 0) is 6.54 Å². The van der Waals surface area contributed by atoms with E-state index in [1.807, 2.05) is 18.2 Å². The van der Waals surface area contributed by atoms with Gasteiger partial charge in [0.15, 0.2) is 5.82 Å². The Labute approximate surface area is 159 Å². The second-order valence-corrected chi connectivity index (χ2v) is 6.72. The van der Waals surface area contributed by atoms with Crippen LogP contribution >= 0.6 is 0 Å². The fraction of sp³-hybridized carbons (Fsp3) is 0.286. The minimum Gasteiger partial charge on any atom is -0.372 e. The van der Waals surface area contributed by atoms with Crippen LogP contribution in [0.5, 0.6) is 0 Å². The van der Waals surface area contributed by atoms with Crippen molar-refractivity contribution in [1.29, 1.82) is 0 Å². The topological polar surface area (TPSA) is 66.0 Å². The molecule has 1 aliphatic heterocycles. The molecule has 0 spiro atoms. The van der Waals surface area contributed by atoms with Crippen LogP contribution in [0.4, 0.5) is 23.1 Å². The predicted octanol–water partition coefficient (Wildman–Crippen LogP) is 4.22. The van der Waals surface area contributed by atoms with E-state index in [4.69, 9.17) is 0 Å². The molecule has 0 aliphatic carbocycles. The Kier molecular flexibility index (Phi) is 5.43. The fourth-order valence-electron chi connectivity index (χ4n) is 3.27. The lowest BCUT2D eigenvalue weighted by molar-refractivity contribution is 0.578. The summed E-state index contributed by atoms with van der Waals surface area (Å²) in [5.41, 5.74) is 3.45. The largest absolute Gasteiger partial charge is 0.372 e. The molecule has 2 aromatic carbocycles. The summed E-state index contributed by atoms with van der Waals surface area (Å²) in [5, 5.41) is 14.6. The Morgan fingerprint density at radius 1 is 0.889 bits per heavy atom. The second kappa shape index (κ2) is 8.49. The molecule has 0 amide bonds. The van der Waals surface area contributed by atoms with E-state index in [1.165, 1.54) is 30.5 Å². The SMILES string of the molecule is c1ccc(CNc2nncc(Nc3ccc(N4CCCCC4)cc3)n2)cc1. The highest BCUT2D eigenvalue weighted by Gasteiger charge is 2.10. The third-order valence-corrected chi connectivity index (χ3v) is 4.71. The third-order valence-electron chi connectivity index (χ3n) is 4.71. The van der Waals surface area contributed by atoms with Crippen LogP contribution in [0.15, 0.2) is 60.8 Å². The van der Waals surface area contributed by atoms with Crippen molar-refractivity contribution in [1.82, 2.24) is 15.2 Å². The summed E-state index contributed by atoms with van der Waals surface area (Å²) < 4.78 is 0. The first-order valence-electron chi connectivity index (χ1n) is 9.46. The van der Waals surface area contributed by atoms with E-state index in [0.717, 1.165) is 18.8 Å². The number of hydrogen-bond donors (Lipinski definition) is 2.